The predicted octanol–water partition coefficient (Wildman–Crippen LogP) is -13.2. The highest BCUT2D eigenvalue weighted by molar-refractivity contribution is 5.77. The lowest BCUT2D eigenvalue weighted by Crippen LogP contribution is -2.69. The molecule has 6 rings (SSSR count). The van der Waals surface area contributed by atoms with E-state index in [4.69, 9.17) is 61.6 Å². The fraction of sp³-hybridized carbons (Fsp3) is 0.850. The number of aliphatic hydroxyl groups is 14. The number of esters is 4. The van der Waals surface area contributed by atoms with Gasteiger partial charge in [0, 0.05) is 0 Å². The third-order valence-electron chi connectivity index (χ3n) is 13.0. The van der Waals surface area contributed by atoms with E-state index in [2.05, 4.69) is 9.47 Å². The zero-order valence-electron chi connectivity index (χ0n) is 40.0. The number of aliphatic carboxylic acids is 2. The summed E-state index contributed by atoms with van der Waals surface area (Å²) >= 11 is 0. The second-order valence-corrected chi connectivity index (χ2v) is 17.7. The van der Waals surface area contributed by atoms with Gasteiger partial charge in [0.05, 0.1) is 28.4 Å². The van der Waals surface area contributed by atoms with Gasteiger partial charge in [-0.15, -0.1) is 0 Å². The van der Waals surface area contributed by atoms with E-state index in [0.29, 0.717) is 0 Å². The zero-order valence-corrected chi connectivity index (χ0v) is 40.0. The van der Waals surface area contributed by atoms with Crippen molar-refractivity contribution in [3.63, 3.8) is 0 Å². The first-order valence-corrected chi connectivity index (χ1v) is 22.7. The maximum absolute atomic E-state index is 13.2. The lowest BCUT2D eigenvalue weighted by atomic mass is 9.94. The highest BCUT2D eigenvalue weighted by Gasteiger charge is 2.61. The number of hydrogen-bond acceptors (Lipinski definition) is 35. The van der Waals surface area contributed by atoms with E-state index in [1.54, 1.807) is 0 Å². The summed E-state index contributed by atoms with van der Waals surface area (Å²) in [5.74, 6) is -9.50. The van der Waals surface area contributed by atoms with Crippen LogP contribution in [0.3, 0.4) is 0 Å². The van der Waals surface area contributed by atoms with Gasteiger partial charge in [-0.3, -0.25) is 0 Å². The number of carboxylic acids is 2. The summed E-state index contributed by atoms with van der Waals surface area (Å²) in [7, 11) is 3.16. The number of ether oxygens (including phenoxy) is 15. The molecule has 6 fully saturated rings. The van der Waals surface area contributed by atoms with Crippen LogP contribution in [0.1, 0.15) is 0 Å². The molecule has 0 amide bonds. The molecular formula is C40H58O37. The summed E-state index contributed by atoms with van der Waals surface area (Å²) in [6, 6.07) is 0. The highest BCUT2D eigenvalue weighted by Crippen LogP contribution is 2.37. The van der Waals surface area contributed by atoms with Gasteiger partial charge in [0.25, 0.3) is 0 Å². The molecule has 0 radical (unpaired) electrons. The first-order valence-electron chi connectivity index (χ1n) is 22.7. The summed E-state index contributed by atoms with van der Waals surface area (Å²) in [4.78, 5) is 76.0. The van der Waals surface area contributed by atoms with Crippen molar-refractivity contribution in [1.82, 2.24) is 0 Å². The van der Waals surface area contributed by atoms with Gasteiger partial charge in [-0.1, -0.05) is 0 Å². The molecule has 440 valence electrons. The van der Waals surface area contributed by atoms with Gasteiger partial charge in [-0.2, -0.15) is 0 Å². The number of aliphatic hydroxyl groups excluding tert-OH is 14. The smallest absolute Gasteiger partial charge is 0.337 e. The summed E-state index contributed by atoms with van der Waals surface area (Å²) in [5.41, 5.74) is 0. The van der Waals surface area contributed by atoms with Gasteiger partial charge in [-0.05, 0) is 0 Å². The number of carboxylic acid groups (broad SMARTS) is 2. The SMILES string of the molecule is COC(=O)[C@H]1O[C@H](O[C@@H]2[C@H](O)[C@@H](O)[C@@H](O[C@@H]3[C@H](O)[C@@H](O)[C@@H](O[C@@H]4[C@H](O)[C@@H](O)[C@@H](O[C@@H]5[C@H](O)[C@@H](O)C(O)O[C@@H]5C(=O)O)O[C@@H]4C(=O)OC)O[C@@H]3C(=O)OC)O[C@@H]2C(=O)OC)[C@H](O)[C@@H](O)[C@H]1O[C@H]1O[C@H](C(=O)O)[C@H](O)[C@H](O)[C@H]1O. The molecule has 0 bridgehead atoms. The molecule has 0 saturated carbocycles. The lowest BCUT2D eigenvalue weighted by molar-refractivity contribution is -0.386. The molecule has 37 heteroatoms. The van der Waals surface area contributed by atoms with Crippen LogP contribution >= 0.6 is 0 Å². The summed E-state index contributed by atoms with van der Waals surface area (Å²) in [5, 5.41) is 170. The molecule has 1 unspecified atom stereocenters. The van der Waals surface area contributed by atoms with Crippen LogP contribution in [0.25, 0.3) is 0 Å². The van der Waals surface area contributed by atoms with E-state index >= 15 is 0 Å². The topological polar surface area (TPSA) is 565 Å². The number of hydrogen-bond donors (Lipinski definition) is 16. The van der Waals surface area contributed by atoms with Gasteiger partial charge in [-0.25, -0.2) is 28.8 Å². The Labute approximate surface area is 429 Å². The second kappa shape index (κ2) is 25.5. The molecule has 6 saturated heterocycles. The van der Waals surface area contributed by atoms with Crippen molar-refractivity contribution < 1.29 is 182 Å². The second-order valence-electron chi connectivity index (χ2n) is 17.7. The van der Waals surface area contributed by atoms with Crippen LogP contribution in [0.2, 0.25) is 0 Å². The molecule has 16 N–H and O–H groups in total. The molecule has 30 atom stereocenters. The van der Waals surface area contributed by atoms with Crippen molar-refractivity contribution in [3.05, 3.63) is 0 Å². The number of carbonyl (C=O) groups excluding carboxylic acids is 4. The number of rotatable bonds is 16. The number of carbonyl (C=O) groups is 6. The third kappa shape index (κ3) is 12.4. The fourth-order valence-electron chi connectivity index (χ4n) is 8.77. The molecular weight excluding hydrogens is 1070 g/mol. The Morgan fingerprint density at radius 1 is 0.273 bits per heavy atom. The molecule has 37 nitrogen and oxygen atoms in total. The molecule has 0 aliphatic carbocycles. The summed E-state index contributed by atoms with van der Waals surface area (Å²) < 4.78 is 78.1. The minimum absolute atomic E-state index is 0.779. The van der Waals surface area contributed by atoms with Crippen molar-refractivity contribution in [1.29, 1.82) is 0 Å². The van der Waals surface area contributed by atoms with E-state index in [1.165, 1.54) is 0 Å². The Kier molecular flexibility index (Phi) is 20.6. The van der Waals surface area contributed by atoms with Crippen molar-refractivity contribution in [2.24, 2.45) is 0 Å². The zero-order chi connectivity index (χ0) is 57.4. The maximum Gasteiger partial charge on any atom is 0.337 e. The third-order valence-corrected chi connectivity index (χ3v) is 13.0. The highest BCUT2D eigenvalue weighted by atomic mass is 16.8. The van der Waals surface area contributed by atoms with Crippen molar-refractivity contribution >= 4 is 35.8 Å². The van der Waals surface area contributed by atoms with Crippen molar-refractivity contribution in [3.8, 4) is 0 Å². The van der Waals surface area contributed by atoms with Crippen LogP contribution < -0.4 is 0 Å². The lowest BCUT2D eigenvalue weighted by Gasteiger charge is -2.49. The summed E-state index contributed by atoms with van der Waals surface area (Å²) in [6.07, 6.45) is -69.6. The standard InChI is InChI=1S/C40H58O37/c1-63-32(59)25-19(69-36-13(49)5(41)6(42)23(73-36)29(54)55)9(45)15(51)38(75-25)71-21-11(47)17(53)40(77-27(21)34(61)65-3)72-22-10(46)16(52)39(76-28(22)35(62)66-4)70-20-8(44)14(50)37(74-26(20)33(60)64-2)68-18-7(43)12(48)31(58)67-24(18)30(56)57/h5-28,31,36-53,58H,1-4H3,(H,54,55)(H,56,57)/t5-,6+,7+,8+,9+,10+,11+,12+,13+,14+,15+,16+,17+,18+,19+,20+,21+,22+,23-,24-,25-,26-,27-,28-,31?,36-,37-,38-,39-,40-/m0/s1. The predicted molar refractivity (Wildman–Crippen MR) is 220 cm³/mol. The minimum Gasteiger partial charge on any atom is -0.479 e. The van der Waals surface area contributed by atoms with Crippen molar-refractivity contribution in [2.75, 3.05) is 28.4 Å². The first kappa shape index (κ1) is 62.0. The van der Waals surface area contributed by atoms with Gasteiger partial charge in [0.15, 0.2) is 74.4 Å². The Morgan fingerprint density at radius 3 is 0.740 bits per heavy atom. The van der Waals surface area contributed by atoms with Gasteiger partial charge in [0.2, 0.25) is 0 Å². The molecule has 0 aromatic rings. The van der Waals surface area contributed by atoms with E-state index < -0.39 is 220 Å². The first-order chi connectivity index (χ1) is 36.1. The largest absolute Gasteiger partial charge is 0.479 e. The maximum atomic E-state index is 13.2. The molecule has 77 heavy (non-hydrogen) atoms. The van der Waals surface area contributed by atoms with E-state index in [1.807, 2.05) is 0 Å². The molecule has 0 aromatic heterocycles. The average Bonchev–Trinajstić information content (AvgIpc) is 3.41. The minimum atomic E-state index is -2.49. The molecule has 6 aliphatic rings. The number of methoxy groups -OCH3 is 4. The van der Waals surface area contributed by atoms with E-state index in [0.717, 1.165) is 28.4 Å². The van der Waals surface area contributed by atoms with E-state index in [-0.39, 0.29) is 0 Å². The monoisotopic (exact) mass is 1130 g/mol. The Hall–Kier alpha value is -4.18. The van der Waals surface area contributed by atoms with E-state index in [9.17, 15) is 110 Å². The molecule has 0 spiro atoms. The van der Waals surface area contributed by atoms with Gasteiger partial charge in [0.1, 0.15) is 110 Å². The molecule has 6 aliphatic heterocycles. The van der Waals surface area contributed by atoms with Gasteiger partial charge >= 0.3 is 35.8 Å². The normalized spacial score (nSPS) is 47.5. The molecule has 0 aromatic carbocycles. The fourth-order valence-corrected chi connectivity index (χ4v) is 8.77. The average molecular weight is 1130 g/mol. The van der Waals surface area contributed by atoms with Crippen LogP contribution in [0.15, 0.2) is 0 Å². The van der Waals surface area contributed by atoms with Crippen LogP contribution in [0, 0.1) is 0 Å². The summed E-state index contributed by atoms with van der Waals surface area (Å²) in [6.45, 7) is 0. The van der Waals surface area contributed by atoms with Crippen LogP contribution in [-0.4, -0.2) is 330 Å². The Balaban J connectivity index is 1.18. The van der Waals surface area contributed by atoms with Crippen LogP contribution in [0.5, 0.6) is 0 Å². The molecule has 6 heterocycles. The quantitative estimate of drug-likeness (QED) is 0.0504. The van der Waals surface area contributed by atoms with Gasteiger partial charge < -0.3 is 153 Å². The Bertz CT molecular complexity index is 2070. The van der Waals surface area contributed by atoms with Crippen molar-refractivity contribution in [2.45, 2.75) is 184 Å². The van der Waals surface area contributed by atoms with Crippen LogP contribution in [-0.2, 0) is 99.8 Å². The Morgan fingerprint density at radius 2 is 0.494 bits per heavy atom. The van der Waals surface area contributed by atoms with Crippen LogP contribution in [0.4, 0.5) is 0 Å².